The van der Waals surface area contributed by atoms with Crippen molar-refractivity contribution in [2.45, 2.75) is 44.1 Å². The van der Waals surface area contributed by atoms with Crippen molar-refractivity contribution in [1.82, 2.24) is 4.72 Å². The number of rotatable bonds is 4. The number of fused-ring (bicyclic) bond motifs is 2. The van der Waals surface area contributed by atoms with Crippen molar-refractivity contribution in [3.05, 3.63) is 12.0 Å². The maximum absolute atomic E-state index is 12.9. The topological polar surface area (TPSA) is 46.2 Å². The van der Waals surface area contributed by atoms with E-state index in [2.05, 4.69) is 11.3 Å². The van der Waals surface area contributed by atoms with Crippen molar-refractivity contribution in [2.24, 2.45) is 5.41 Å². The van der Waals surface area contributed by atoms with Gasteiger partial charge in [-0.1, -0.05) is 6.58 Å². The summed E-state index contributed by atoms with van der Waals surface area (Å²) in [6, 6.07) is 0. The molecule has 0 amide bonds. The van der Waals surface area contributed by atoms with Gasteiger partial charge < -0.3 is 0 Å². The van der Waals surface area contributed by atoms with Crippen LogP contribution in [0.25, 0.3) is 0 Å². The summed E-state index contributed by atoms with van der Waals surface area (Å²) in [5.41, 5.74) is -1.60. The van der Waals surface area contributed by atoms with Crippen LogP contribution in [0.1, 0.15) is 32.1 Å². The maximum Gasteiger partial charge on any atom is 0.244 e. The zero-order valence-corrected chi connectivity index (χ0v) is 9.69. The molecule has 2 fully saturated rings. The van der Waals surface area contributed by atoms with Crippen molar-refractivity contribution < 1.29 is 17.2 Å². The van der Waals surface area contributed by atoms with Gasteiger partial charge in [-0.25, -0.2) is 21.9 Å². The average molecular weight is 251 g/mol. The molecule has 2 rings (SSSR count). The molecule has 2 aliphatic carbocycles. The molecule has 2 aliphatic rings. The van der Waals surface area contributed by atoms with E-state index in [-0.39, 0.29) is 6.42 Å². The summed E-state index contributed by atoms with van der Waals surface area (Å²) in [5.74, 6) is 0. The van der Waals surface area contributed by atoms with Crippen molar-refractivity contribution >= 4 is 10.0 Å². The molecule has 0 aromatic heterocycles. The van der Waals surface area contributed by atoms with Crippen LogP contribution >= 0.6 is 0 Å². The fourth-order valence-corrected chi connectivity index (χ4v) is 3.99. The third kappa shape index (κ3) is 1.78. The van der Waals surface area contributed by atoms with Crippen molar-refractivity contribution in [1.29, 1.82) is 0 Å². The second-order valence-electron chi connectivity index (χ2n) is 4.93. The van der Waals surface area contributed by atoms with Gasteiger partial charge in [0.15, 0.2) is 0 Å². The number of hydrogen-bond donors (Lipinski definition) is 1. The average Bonchev–Trinajstić information content (AvgIpc) is 2.73. The molecule has 0 spiro atoms. The summed E-state index contributed by atoms with van der Waals surface area (Å²) in [5, 5.41) is 0.836. The molecule has 0 atom stereocenters. The Morgan fingerprint density at radius 1 is 1.25 bits per heavy atom. The number of hydrogen-bond acceptors (Lipinski definition) is 2. The number of nitrogens with one attached hydrogen (secondary N) is 1. The summed E-state index contributed by atoms with van der Waals surface area (Å²) in [6.07, 6.45) is -0.279. The van der Waals surface area contributed by atoms with Gasteiger partial charge in [-0.3, -0.25) is 0 Å². The third-order valence-corrected chi connectivity index (χ3v) is 5.09. The van der Waals surface area contributed by atoms with Crippen LogP contribution in [0.15, 0.2) is 12.0 Å². The van der Waals surface area contributed by atoms with E-state index in [4.69, 9.17) is 0 Å². The Morgan fingerprint density at radius 3 is 2.19 bits per heavy atom. The lowest BCUT2D eigenvalue weighted by Crippen LogP contribution is -2.43. The van der Waals surface area contributed by atoms with Crippen molar-refractivity contribution in [3.8, 4) is 0 Å². The molecule has 1 N–H and O–H groups in total. The van der Waals surface area contributed by atoms with E-state index in [0.717, 1.165) is 5.41 Å². The molecule has 0 saturated heterocycles. The Balaban J connectivity index is 2.18. The van der Waals surface area contributed by atoms with E-state index < -0.39 is 27.4 Å². The molecule has 2 saturated carbocycles. The first-order valence-electron chi connectivity index (χ1n) is 5.28. The minimum absolute atomic E-state index is 0.255. The van der Waals surface area contributed by atoms with Crippen LogP contribution in [0.5, 0.6) is 0 Å². The Bertz CT molecular complexity index is 397. The van der Waals surface area contributed by atoms with Crippen molar-refractivity contribution in [3.63, 3.8) is 0 Å². The molecule has 92 valence electrons. The Morgan fingerprint density at radius 2 is 1.81 bits per heavy atom. The quantitative estimate of drug-likeness (QED) is 0.830. The summed E-state index contributed by atoms with van der Waals surface area (Å²) in [6.45, 7) is 3.21. The van der Waals surface area contributed by atoms with Crippen LogP contribution in [0, 0.1) is 5.41 Å². The van der Waals surface area contributed by atoms with Crippen LogP contribution in [0.2, 0.25) is 0 Å². The van der Waals surface area contributed by atoms with E-state index >= 15 is 0 Å². The fraction of sp³-hybridized carbons (Fsp3) is 0.800. The van der Waals surface area contributed by atoms with E-state index in [1.807, 2.05) is 0 Å². The molecule has 0 radical (unpaired) electrons. The van der Waals surface area contributed by atoms with Crippen LogP contribution < -0.4 is 4.72 Å². The van der Waals surface area contributed by atoms with Gasteiger partial charge in [0.05, 0.1) is 0 Å². The van der Waals surface area contributed by atoms with Gasteiger partial charge >= 0.3 is 0 Å². The monoisotopic (exact) mass is 251 g/mol. The van der Waals surface area contributed by atoms with Gasteiger partial charge in [-0.05, 0) is 32.1 Å². The van der Waals surface area contributed by atoms with Crippen LogP contribution in [-0.2, 0) is 10.0 Å². The Kier molecular flexibility index (Phi) is 2.62. The standard InChI is InChI=1S/C10H15F2NO2S/c1-2-16(14,15)13-10-5-3-9(7-10,4-6-10)8(11)12/h2,8,13H,1,3-7H2. The highest BCUT2D eigenvalue weighted by molar-refractivity contribution is 7.92. The summed E-state index contributed by atoms with van der Waals surface area (Å²) in [7, 11) is -3.53. The van der Waals surface area contributed by atoms with Crippen LogP contribution in [0.3, 0.4) is 0 Å². The first-order valence-corrected chi connectivity index (χ1v) is 6.82. The molecular formula is C10H15F2NO2S. The summed E-state index contributed by atoms with van der Waals surface area (Å²) < 4.78 is 51.1. The maximum atomic E-state index is 12.9. The second kappa shape index (κ2) is 3.50. The molecule has 3 nitrogen and oxygen atoms in total. The fourth-order valence-electron chi connectivity index (χ4n) is 3.03. The van der Waals surface area contributed by atoms with E-state index in [1.54, 1.807) is 0 Å². The predicted molar refractivity (Wildman–Crippen MR) is 56.5 cm³/mol. The molecule has 0 aromatic carbocycles. The molecule has 0 unspecified atom stereocenters. The lowest BCUT2D eigenvalue weighted by atomic mass is 9.84. The van der Waals surface area contributed by atoms with Gasteiger partial charge in [-0.15, -0.1) is 0 Å². The molecule has 0 aromatic rings. The SMILES string of the molecule is C=CS(=O)(=O)NC12CCC(C(F)F)(CC1)C2. The highest BCUT2D eigenvalue weighted by atomic mass is 32.2. The number of halogens is 2. The first-order chi connectivity index (χ1) is 7.33. The molecule has 16 heavy (non-hydrogen) atoms. The smallest absolute Gasteiger partial charge is 0.210 e. The zero-order chi connectivity index (χ0) is 12.0. The third-order valence-electron chi connectivity index (χ3n) is 3.93. The zero-order valence-electron chi connectivity index (χ0n) is 8.88. The highest BCUT2D eigenvalue weighted by Crippen LogP contribution is 2.59. The minimum Gasteiger partial charge on any atom is -0.210 e. The minimum atomic E-state index is -3.53. The van der Waals surface area contributed by atoms with Gasteiger partial charge in [0, 0.05) is 16.4 Å². The Hall–Kier alpha value is -0.490. The molecule has 0 aliphatic heterocycles. The molecule has 6 heteroatoms. The number of alkyl halides is 2. The summed E-state index contributed by atoms with van der Waals surface area (Å²) in [4.78, 5) is 0. The second-order valence-corrected chi connectivity index (χ2v) is 6.56. The van der Waals surface area contributed by atoms with E-state index in [1.165, 1.54) is 0 Å². The van der Waals surface area contributed by atoms with Gasteiger partial charge in [-0.2, -0.15) is 0 Å². The first kappa shape index (κ1) is 12.0. The highest BCUT2D eigenvalue weighted by Gasteiger charge is 2.59. The van der Waals surface area contributed by atoms with Gasteiger partial charge in [0.2, 0.25) is 16.4 Å². The van der Waals surface area contributed by atoms with Gasteiger partial charge in [0.1, 0.15) is 0 Å². The van der Waals surface area contributed by atoms with E-state index in [9.17, 15) is 17.2 Å². The largest absolute Gasteiger partial charge is 0.244 e. The lowest BCUT2D eigenvalue weighted by Gasteiger charge is -2.27. The van der Waals surface area contributed by atoms with Gasteiger partial charge in [0.25, 0.3) is 0 Å². The predicted octanol–water partition coefficient (Wildman–Crippen LogP) is 2.02. The summed E-state index contributed by atoms with van der Waals surface area (Å²) >= 11 is 0. The molecule has 0 heterocycles. The van der Waals surface area contributed by atoms with Crippen LogP contribution in [-0.4, -0.2) is 20.4 Å². The molecular weight excluding hydrogens is 236 g/mol. The number of sulfonamides is 1. The van der Waals surface area contributed by atoms with Crippen molar-refractivity contribution in [2.75, 3.05) is 0 Å². The molecule has 2 bridgehead atoms. The van der Waals surface area contributed by atoms with Crippen LogP contribution in [0.4, 0.5) is 8.78 Å². The normalized spacial score (nSPS) is 38.2. The lowest BCUT2D eigenvalue weighted by molar-refractivity contribution is 0.00162. The van der Waals surface area contributed by atoms with E-state index in [0.29, 0.717) is 25.7 Å². The Labute approximate surface area is 94.0 Å².